The number of rotatable bonds is 3. The van der Waals surface area contributed by atoms with Crippen molar-refractivity contribution in [1.29, 1.82) is 0 Å². The van der Waals surface area contributed by atoms with E-state index < -0.39 is 12.0 Å². The number of carboxylic acid groups (broad SMARTS) is 1. The minimum Gasteiger partial charge on any atom is -0.489 e. The SMILES string of the molecule is NC(CC(=O)O)c1ccc(Cl)c2c1OCCCO2. The Labute approximate surface area is 109 Å². The van der Waals surface area contributed by atoms with E-state index in [4.69, 9.17) is 31.9 Å². The van der Waals surface area contributed by atoms with E-state index in [0.717, 1.165) is 6.42 Å². The molecule has 0 amide bonds. The Morgan fingerprint density at radius 2 is 2.06 bits per heavy atom. The van der Waals surface area contributed by atoms with Crippen LogP contribution in [0.25, 0.3) is 0 Å². The highest BCUT2D eigenvalue weighted by molar-refractivity contribution is 6.32. The van der Waals surface area contributed by atoms with E-state index in [0.29, 0.717) is 35.3 Å². The molecule has 0 saturated heterocycles. The van der Waals surface area contributed by atoms with Gasteiger partial charge in [0.15, 0.2) is 11.5 Å². The van der Waals surface area contributed by atoms with Gasteiger partial charge >= 0.3 is 5.97 Å². The van der Waals surface area contributed by atoms with Gasteiger partial charge in [-0.05, 0) is 6.07 Å². The Balaban J connectivity index is 2.39. The van der Waals surface area contributed by atoms with Gasteiger partial charge < -0.3 is 20.3 Å². The van der Waals surface area contributed by atoms with E-state index in [9.17, 15) is 4.79 Å². The predicted octanol–water partition coefficient (Wildman–Crippen LogP) is 1.98. The van der Waals surface area contributed by atoms with Gasteiger partial charge in [-0.25, -0.2) is 0 Å². The molecule has 0 spiro atoms. The van der Waals surface area contributed by atoms with Crippen molar-refractivity contribution >= 4 is 17.6 Å². The molecule has 1 aromatic rings. The first kappa shape index (κ1) is 13.0. The molecule has 0 aromatic heterocycles. The molecule has 5 nitrogen and oxygen atoms in total. The Morgan fingerprint density at radius 1 is 1.39 bits per heavy atom. The lowest BCUT2D eigenvalue weighted by atomic mass is 10.0. The van der Waals surface area contributed by atoms with Crippen molar-refractivity contribution in [3.63, 3.8) is 0 Å². The van der Waals surface area contributed by atoms with Crippen LogP contribution in [0.1, 0.15) is 24.4 Å². The second-order valence-corrected chi connectivity index (χ2v) is 4.46. The monoisotopic (exact) mass is 271 g/mol. The lowest BCUT2D eigenvalue weighted by Gasteiger charge is -2.17. The third kappa shape index (κ3) is 2.68. The first-order valence-corrected chi connectivity index (χ1v) is 6.02. The van der Waals surface area contributed by atoms with Crippen molar-refractivity contribution < 1.29 is 19.4 Å². The van der Waals surface area contributed by atoms with Gasteiger partial charge in [0.1, 0.15) is 0 Å². The van der Waals surface area contributed by atoms with Gasteiger partial charge in [-0.1, -0.05) is 17.7 Å². The highest BCUT2D eigenvalue weighted by Crippen LogP contribution is 2.42. The van der Waals surface area contributed by atoms with Crippen LogP contribution < -0.4 is 15.2 Å². The van der Waals surface area contributed by atoms with Crippen LogP contribution in [0.15, 0.2) is 12.1 Å². The second kappa shape index (κ2) is 5.46. The van der Waals surface area contributed by atoms with E-state index in [1.165, 1.54) is 0 Å². The zero-order valence-corrected chi connectivity index (χ0v) is 10.4. The molecule has 0 radical (unpaired) electrons. The number of benzene rings is 1. The summed E-state index contributed by atoms with van der Waals surface area (Å²) >= 11 is 6.03. The molecular weight excluding hydrogens is 258 g/mol. The van der Waals surface area contributed by atoms with Gasteiger partial charge in [-0.2, -0.15) is 0 Å². The summed E-state index contributed by atoms with van der Waals surface area (Å²) in [5.41, 5.74) is 6.47. The van der Waals surface area contributed by atoms with Crippen LogP contribution in [0, 0.1) is 0 Å². The van der Waals surface area contributed by atoms with Gasteiger partial charge in [0.2, 0.25) is 0 Å². The van der Waals surface area contributed by atoms with E-state index in [2.05, 4.69) is 0 Å². The van der Waals surface area contributed by atoms with Crippen LogP contribution in [-0.2, 0) is 4.79 Å². The molecule has 0 fully saturated rings. The third-order valence-corrected chi connectivity index (χ3v) is 2.97. The summed E-state index contributed by atoms with van der Waals surface area (Å²) < 4.78 is 11.1. The molecule has 18 heavy (non-hydrogen) atoms. The number of carboxylic acids is 1. The highest BCUT2D eigenvalue weighted by Gasteiger charge is 2.22. The number of carbonyl (C=O) groups is 1. The van der Waals surface area contributed by atoms with Crippen molar-refractivity contribution in [2.75, 3.05) is 13.2 Å². The molecule has 3 N–H and O–H groups in total. The van der Waals surface area contributed by atoms with Crippen LogP contribution in [0.3, 0.4) is 0 Å². The lowest BCUT2D eigenvalue weighted by molar-refractivity contribution is -0.137. The van der Waals surface area contributed by atoms with Gasteiger partial charge in [-0.15, -0.1) is 0 Å². The summed E-state index contributed by atoms with van der Waals surface area (Å²) in [5.74, 6) is -0.0398. The normalized spacial score (nSPS) is 15.9. The molecule has 1 aliphatic heterocycles. The van der Waals surface area contributed by atoms with Crippen molar-refractivity contribution in [2.24, 2.45) is 5.73 Å². The van der Waals surface area contributed by atoms with Crippen LogP contribution >= 0.6 is 11.6 Å². The summed E-state index contributed by atoms with van der Waals surface area (Å²) in [6, 6.07) is 2.69. The fraction of sp³-hybridized carbons (Fsp3) is 0.417. The number of fused-ring (bicyclic) bond motifs is 1. The molecule has 0 bridgehead atoms. The summed E-state index contributed by atoms with van der Waals surface area (Å²) in [7, 11) is 0. The minimum atomic E-state index is -0.958. The first-order valence-electron chi connectivity index (χ1n) is 5.65. The number of aliphatic carboxylic acids is 1. The fourth-order valence-electron chi connectivity index (χ4n) is 1.83. The summed E-state index contributed by atoms with van der Waals surface area (Å²) in [6.45, 7) is 1.02. The Bertz CT molecular complexity index is 464. The maximum atomic E-state index is 10.7. The number of hydrogen-bond donors (Lipinski definition) is 2. The van der Waals surface area contributed by atoms with Gasteiger partial charge in [-0.3, -0.25) is 4.79 Å². The maximum absolute atomic E-state index is 10.7. The largest absolute Gasteiger partial charge is 0.489 e. The lowest BCUT2D eigenvalue weighted by Crippen LogP contribution is -2.16. The van der Waals surface area contributed by atoms with Crippen LogP contribution in [0.5, 0.6) is 11.5 Å². The van der Waals surface area contributed by atoms with Crippen molar-refractivity contribution in [1.82, 2.24) is 0 Å². The fourth-order valence-corrected chi connectivity index (χ4v) is 2.04. The molecule has 0 saturated carbocycles. The van der Waals surface area contributed by atoms with Crippen LogP contribution in [-0.4, -0.2) is 24.3 Å². The number of hydrogen-bond acceptors (Lipinski definition) is 4. The average Bonchev–Trinajstić information content (AvgIpc) is 2.54. The van der Waals surface area contributed by atoms with Crippen LogP contribution in [0.2, 0.25) is 5.02 Å². The summed E-state index contributed by atoms with van der Waals surface area (Å²) in [4.78, 5) is 10.7. The quantitative estimate of drug-likeness (QED) is 0.878. The molecule has 1 heterocycles. The Hall–Kier alpha value is -1.46. The minimum absolute atomic E-state index is 0.169. The molecule has 1 unspecified atom stereocenters. The molecule has 1 aliphatic rings. The third-order valence-electron chi connectivity index (χ3n) is 2.67. The van der Waals surface area contributed by atoms with Crippen molar-refractivity contribution in [3.05, 3.63) is 22.7 Å². The summed E-state index contributed by atoms with van der Waals surface area (Å²) in [6.07, 6.45) is 0.579. The van der Waals surface area contributed by atoms with E-state index in [1.54, 1.807) is 12.1 Å². The van der Waals surface area contributed by atoms with Crippen LogP contribution in [0.4, 0.5) is 0 Å². The Morgan fingerprint density at radius 3 is 2.72 bits per heavy atom. The molecule has 2 rings (SSSR count). The topological polar surface area (TPSA) is 81.8 Å². The predicted molar refractivity (Wildman–Crippen MR) is 66.2 cm³/mol. The van der Waals surface area contributed by atoms with Gasteiger partial charge in [0, 0.05) is 18.0 Å². The summed E-state index contributed by atoms with van der Waals surface area (Å²) in [5, 5.41) is 9.22. The number of nitrogens with two attached hydrogens (primary N) is 1. The molecule has 98 valence electrons. The second-order valence-electron chi connectivity index (χ2n) is 4.05. The number of halogens is 1. The number of ether oxygens (including phenoxy) is 2. The smallest absolute Gasteiger partial charge is 0.305 e. The molecule has 0 aliphatic carbocycles. The first-order chi connectivity index (χ1) is 8.59. The maximum Gasteiger partial charge on any atom is 0.305 e. The average molecular weight is 272 g/mol. The Kier molecular flexibility index (Phi) is 3.93. The van der Waals surface area contributed by atoms with Crippen molar-refractivity contribution in [3.8, 4) is 11.5 Å². The van der Waals surface area contributed by atoms with E-state index in [-0.39, 0.29) is 6.42 Å². The van der Waals surface area contributed by atoms with Gasteiger partial charge in [0.25, 0.3) is 0 Å². The molecule has 6 heteroatoms. The van der Waals surface area contributed by atoms with E-state index in [1.807, 2.05) is 0 Å². The molecular formula is C12H14ClNO4. The molecule has 1 aromatic carbocycles. The zero-order valence-electron chi connectivity index (χ0n) is 9.69. The van der Waals surface area contributed by atoms with Gasteiger partial charge in [0.05, 0.1) is 24.7 Å². The zero-order chi connectivity index (χ0) is 13.1. The molecule has 1 atom stereocenters. The van der Waals surface area contributed by atoms with E-state index >= 15 is 0 Å². The standard InChI is InChI=1S/C12H14ClNO4/c13-8-3-2-7(9(14)6-10(15)16)11-12(8)18-5-1-4-17-11/h2-3,9H,1,4-6,14H2,(H,15,16). The van der Waals surface area contributed by atoms with Crippen molar-refractivity contribution in [2.45, 2.75) is 18.9 Å². The highest BCUT2D eigenvalue weighted by atomic mass is 35.5.